The monoisotopic (exact) mass is 473 g/mol. The van der Waals surface area contributed by atoms with E-state index in [-0.39, 0.29) is 6.54 Å². The zero-order valence-corrected chi connectivity index (χ0v) is 19.2. The van der Waals surface area contributed by atoms with Crippen LogP contribution in [0, 0.1) is 0 Å². The first-order chi connectivity index (χ1) is 16.6. The Balaban J connectivity index is 1.31. The van der Waals surface area contributed by atoms with Crippen LogP contribution in [-0.2, 0) is 14.3 Å². The minimum absolute atomic E-state index is 0.308. The number of imide groups is 1. The van der Waals surface area contributed by atoms with Crippen LogP contribution in [0.5, 0.6) is 0 Å². The number of carbonyl (C=O) groups is 3. The third-order valence-corrected chi connectivity index (χ3v) is 6.72. The molecular formula is C26H23N3O4S. The van der Waals surface area contributed by atoms with Gasteiger partial charge in [-0.1, -0.05) is 54.6 Å². The second-order valence-electron chi connectivity index (χ2n) is 8.00. The molecule has 0 bridgehead atoms. The highest BCUT2D eigenvalue weighted by molar-refractivity contribution is 8.18. The number of anilines is 2. The molecule has 0 unspecified atom stereocenters. The SMILES string of the molecule is O=C(CN1C(=O)S/C(=C/c2cccc3ccccc23)C1=O)Nc1ccccc1N1CCOCC1. The number of nitrogens with one attached hydrogen (secondary N) is 1. The number of carbonyl (C=O) groups excluding carboxylic acids is 3. The van der Waals surface area contributed by atoms with Crippen molar-refractivity contribution in [2.75, 3.05) is 43.1 Å². The van der Waals surface area contributed by atoms with Gasteiger partial charge in [-0.05, 0) is 46.3 Å². The van der Waals surface area contributed by atoms with Gasteiger partial charge in [0.2, 0.25) is 5.91 Å². The molecule has 172 valence electrons. The summed E-state index contributed by atoms with van der Waals surface area (Å²) in [6.07, 6.45) is 1.72. The molecule has 5 rings (SSSR count). The van der Waals surface area contributed by atoms with Crippen molar-refractivity contribution in [2.24, 2.45) is 0 Å². The molecular weight excluding hydrogens is 450 g/mol. The molecule has 1 N–H and O–H groups in total. The number of hydrogen-bond acceptors (Lipinski definition) is 6. The van der Waals surface area contributed by atoms with Crippen LogP contribution in [0.25, 0.3) is 16.8 Å². The van der Waals surface area contributed by atoms with Crippen LogP contribution in [0.1, 0.15) is 5.56 Å². The van der Waals surface area contributed by atoms with Crippen LogP contribution in [0.2, 0.25) is 0 Å². The molecule has 0 spiro atoms. The molecule has 34 heavy (non-hydrogen) atoms. The minimum atomic E-state index is -0.459. The lowest BCUT2D eigenvalue weighted by molar-refractivity contribution is -0.127. The smallest absolute Gasteiger partial charge is 0.294 e. The summed E-state index contributed by atoms with van der Waals surface area (Å²) in [7, 11) is 0. The average Bonchev–Trinajstić information content (AvgIpc) is 3.12. The molecule has 2 saturated heterocycles. The first kappa shape index (κ1) is 22.2. The number of para-hydroxylation sites is 2. The summed E-state index contributed by atoms with van der Waals surface area (Å²) in [5, 5.41) is 4.46. The van der Waals surface area contributed by atoms with E-state index in [4.69, 9.17) is 4.74 Å². The Morgan fingerprint density at radius 1 is 0.971 bits per heavy atom. The molecule has 3 aromatic rings. The lowest BCUT2D eigenvalue weighted by atomic mass is 10.0. The summed E-state index contributed by atoms with van der Waals surface area (Å²) in [5.74, 6) is -0.881. The number of fused-ring (bicyclic) bond motifs is 1. The summed E-state index contributed by atoms with van der Waals surface area (Å²) >= 11 is 0.856. The van der Waals surface area contributed by atoms with Gasteiger partial charge in [0.15, 0.2) is 0 Å². The Hall–Kier alpha value is -3.62. The van der Waals surface area contributed by atoms with Crippen LogP contribution >= 0.6 is 11.8 Å². The van der Waals surface area contributed by atoms with Crippen molar-refractivity contribution in [3.63, 3.8) is 0 Å². The number of morpholine rings is 1. The summed E-state index contributed by atoms with van der Waals surface area (Å²) in [6.45, 7) is 2.38. The highest BCUT2D eigenvalue weighted by atomic mass is 32.2. The lowest BCUT2D eigenvalue weighted by Crippen LogP contribution is -2.38. The summed E-state index contributed by atoms with van der Waals surface area (Å²) in [6, 6.07) is 21.2. The second kappa shape index (κ2) is 9.70. The van der Waals surface area contributed by atoms with E-state index in [9.17, 15) is 14.4 Å². The van der Waals surface area contributed by atoms with E-state index in [1.54, 1.807) is 6.08 Å². The Labute approximate surface area is 201 Å². The fourth-order valence-corrected chi connectivity index (χ4v) is 4.98. The zero-order chi connectivity index (χ0) is 23.5. The highest BCUT2D eigenvalue weighted by Crippen LogP contribution is 2.34. The van der Waals surface area contributed by atoms with Gasteiger partial charge in [-0.15, -0.1) is 0 Å². The minimum Gasteiger partial charge on any atom is -0.378 e. The van der Waals surface area contributed by atoms with Gasteiger partial charge >= 0.3 is 0 Å². The number of amides is 3. The predicted octanol–water partition coefficient (Wildman–Crippen LogP) is 4.35. The molecule has 3 amide bonds. The van der Waals surface area contributed by atoms with Gasteiger partial charge in [0.1, 0.15) is 6.54 Å². The van der Waals surface area contributed by atoms with E-state index < -0.39 is 17.1 Å². The standard InChI is InChI=1S/C26H23N3O4S/c30-24(27-21-10-3-4-11-22(21)28-12-14-33-15-13-28)17-29-25(31)23(34-26(29)32)16-19-8-5-7-18-6-1-2-9-20(18)19/h1-11,16H,12-15,17H2,(H,27,30)/b23-16+. The van der Waals surface area contributed by atoms with Crippen molar-refractivity contribution in [3.8, 4) is 0 Å². The number of ether oxygens (including phenoxy) is 1. The molecule has 8 heteroatoms. The van der Waals surface area contributed by atoms with Crippen molar-refractivity contribution in [1.82, 2.24) is 4.90 Å². The molecule has 3 aromatic carbocycles. The molecule has 2 fully saturated rings. The van der Waals surface area contributed by atoms with Gasteiger partial charge in [0, 0.05) is 13.1 Å². The largest absolute Gasteiger partial charge is 0.378 e. The Bertz CT molecular complexity index is 1290. The van der Waals surface area contributed by atoms with Gasteiger partial charge in [0.25, 0.3) is 11.1 Å². The van der Waals surface area contributed by atoms with Gasteiger partial charge in [0.05, 0.1) is 29.5 Å². The van der Waals surface area contributed by atoms with Gasteiger partial charge < -0.3 is 15.0 Å². The number of benzene rings is 3. The number of nitrogens with zero attached hydrogens (tertiary/aromatic N) is 2. The topological polar surface area (TPSA) is 79.0 Å². The number of thioether (sulfide) groups is 1. The van der Waals surface area contributed by atoms with Crippen molar-refractivity contribution in [3.05, 3.63) is 77.2 Å². The van der Waals surface area contributed by atoms with Gasteiger partial charge in [-0.3, -0.25) is 19.3 Å². The quantitative estimate of drug-likeness (QED) is 0.555. The molecule has 2 aliphatic heterocycles. The highest BCUT2D eigenvalue weighted by Gasteiger charge is 2.36. The van der Waals surface area contributed by atoms with E-state index in [0.717, 1.165) is 51.8 Å². The van der Waals surface area contributed by atoms with Crippen LogP contribution in [0.15, 0.2) is 71.6 Å². The zero-order valence-electron chi connectivity index (χ0n) is 18.4. The second-order valence-corrected chi connectivity index (χ2v) is 8.99. The molecule has 7 nitrogen and oxygen atoms in total. The van der Waals surface area contributed by atoms with Crippen LogP contribution < -0.4 is 10.2 Å². The van der Waals surface area contributed by atoms with Gasteiger partial charge in [-0.25, -0.2) is 0 Å². The van der Waals surface area contributed by atoms with Crippen molar-refractivity contribution < 1.29 is 19.1 Å². The van der Waals surface area contributed by atoms with Crippen molar-refractivity contribution in [1.29, 1.82) is 0 Å². The van der Waals surface area contributed by atoms with E-state index in [0.29, 0.717) is 23.8 Å². The molecule has 0 aliphatic carbocycles. The van der Waals surface area contributed by atoms with E-state index in [1.165, 1.54) is 0 Å². The number of rotatable bonds is 5. The third-order valence-electron chi connectivity index (χ3n) is 5.82. The first-order valence-corrected chi connectivity index (χ1v) is 11.9. The fourth-order valence-electron chi connectivity index (χ4n) is 4.15. The lowest BCUT2D eigenvalue weighted by Gasteiger charge is -2.30. The molecule has 2 heterocycles. The van der Waals surface area contributed by atoms with Crippen molar-refractivity contribution in [2.45, 2.75) is 0 Å². The maximum absolute atomic E-state index is 13.0. The Kier molecular flexibility index (Phi) is 6.33. The average molecular weight is 474 g/mol. The molecule has 0 saturated carbocycles. The molecule has 0 aromatic heterocycles. The molecule has 2 aliphatic rings. The Morgan fingerprint density at radius 2 is 1.71 bits per heavy atom. The Morgan fingerprint density at radius 3 is 2.56 bits per heavy atom. The van der Waals surface area contributed by atoms with E-state index >= 15 is 0 Å². The fraction of sp³-hybridized carbons (Fsp3) is 0.192. The first-order valence-electron chi connectivity index (χ1n) is 11.0. The normalized spacial score (nSPS) is 17.6. The summed E-state index contributed by atoms with van der Waals surface area (Å²) in [5.41, 5.74) is 2.39. The van der Waals surface area contributed by atoms with Gasteiger partial charge in [-0.2, -0.15) is 0 Å². The van der Waals surface area contributed by atoms with Crippen LogP contribution in [0.3, 0.4) is 0 Å². The van der Waals surface area contributed by atoms with Crippen molar-refractivity contribution >= 4 is 57.0 Å². The predicted molar refractivity (Wildman–Crippen MR) is 135 cm³/mol. The van der Waals surface area contributed by atoms with E-state index in [1.807, 2.05) is 66.7 Å². The summed E-state index contributed by atoms with van der Waals surface area (Å²) in [4.78, 5) is 41.8. The third kappa shape index (κ3) is 4.55. The van der Waals surface area contributed by atoms with E-state index in [2.05, 4.69) is 10.2 Å². The maximum Gasteiger partial charge on any atom is 0.294 e. The van der Waals surface area contributed by atoms with Crippen LogP contribution in [-0.4, -0.2) is 54.8 Å². The van der Waals surface area contributed by atoms with Crippen LogP contribution in [0.4, 0.5) is 16.2 Å². The molecule has 0 atom stereocenters. The number of hydrogen-bond donors (Lipinski definition) is 1. The maximum atomic E-state index is 13.0. The molecule has 0 radical (unpaired) electrons. The summed E-state index contributed by atoms with van der Waals surface area (Å²) < 4.78 is 5.41.